The zero-order valence-electron chi connectivity index (χ0n) is 17.7. The number of alkyl carbamates (subject to hydrolysis) is 1. The highest BCUT2D eigenvalue weighted by molar-refractivity contribution is 5.77. The number of hydrogen-bond donors (Lipinski definition) is 1. The zero-order chi connectivity index (χ0) is 22.3. The highest BCUT2D eigenvalue weighted by Gasteiger charge is 2.44. The van der Waals surface area contributed by atoms with Crippen LogP contribution in [0.1, 0.15) is 54.9 Å². The summed E-state index contributed by atoms with van der Waals surface area (Å²) in [4.78, 5) is 35.0. The second-order valence-electron chi connectivity index (χ2n) is 8.41. The molecule has 0 heterocycles. The molecule has 1 N–H and O–H groups in total. The first-order chi connectivity index (χ1) is 12.5. The molecule has 2 atom stereocenters. The minimum atomic E-state index is -3.85. The molecule has 0 aromatic rings. The van der Waals surface area contributed by atoms with E-state index >= 15 is 0 Å². The quantitative estimate of drug-likeness (QED) is 0.504. The maximum Gasteiger partial charge on any atom is 0.508 e. The molecule has 0 saturated carbocycles. The lowest BCUT2D eigenvalue weighted by Gasteiger charge is -2.29. The van der Waals surface area contributed by atoms with Gasteiger partial charge in [0.2, 0.25) is 0 Å². The first-order valence-corrected chi connectivity index (χ1v) is 8.78. The number of methoxy groups -OCH3 is 1. The van der Waals surface area contributed by atoms with E-state index in [9.17, 15) is 23.2 Å². The van der Waals surface area contributed by atoms with Crippen LogP contribution in [0.4, 0.5) is 18.4 Å². The van der Waals surface area contributed by atoms with Crippen molar-refractivity contribution in [3.63, 3.8) is 0 Å². The van der Waals surface area contributed by atoms with E-state index in [-0.39, 0.29) is 6.61 Å². The number of amides is 1. The molecule has 0 aromatic heterocycles. The molecular weight excluding hydrogens is 380 g/mol. The summed E-state index contributed by atoms with van der Waals surface area (Å²) in [6.45, 7) is 10.9. The van der Waals surface area contributed by atoms with Crippen LogP contribution in [0.5, 0.6) is 0 Å². The van der Waals surface area contributed by atoms with Gasteiger partial charge in [0.05, 0.1) is 13.7 Å². The van der Waals surface area contributed by atoms with Crippen LogP contribution in [-0.4, -0.2) is 55.1 Å². The summed E-state index contributed by atoms with van der Waals surface area (Å²) in [7, 11) is 0.835. The topological polar surface area (TPSA) is 100 Å². The summed E-state index contributed by atoms with van der Waals surface area (Å²) in [5.41, 5.74) is -1.64. The Kier molecular flexibility index (Phi) is 9.13. The zero-order valence-corrected chi connectivity index (χ0v) is 17.7. The van der Waals surface area contributed by atoms with Crippen molar-refractivity contribution in [3.05, 3.63) is 0 Å². The minimum Gasteiger partial charge on any atom is -0.465 e. The third-order valence-corrected chi connectivity index (χ3v) is 3.20. The van der Waals surface area contributed by atoms with Crippen LogP contribution in [0.25, 0.3) is 0 Å². The largest absolute Gasteiger partial charge is 0.508 e. The Labute approximate surface area is 164 Å². The fourth-order valence-electron chi connectivity index (χ4n) is 1.96. The highest BCUT2D eigenvalue weighted by Crippen LogP contribution is 2.26. The number of carbonyl (C=O) groups excluding carboxylic acids is 3. The van der Waals surface area contributed by atoms with E-state index in [2.05, 4.69) is 10.1 Å². The number of nitrogens with one attached hydrogen (secondary N) is 1. The highest BCUT2D eigenvalue weighted by atomic mass is 19.3. The van der Waals surface area contributed by atoms with Crippen LogP contribution in [0.3, 0.4) is 0 Å². The van der Waals surface area contributed by atoms with Crippen molar-refractivity contribution >= 4 is 18.2 Å². The van der Waals surface area contributed by atoms with E-state index in [0.717, 1.165) is 7.11 Å². The molecule has 164 valence electrons. The molecule has 0 rings (SSSR count). The Morgan fingerprint density at radius 3 is 1.89 bits per heavy atom. The molecule has 0 bridgehead atoms. The number of alkyl halides is 2. The molecule has 0 aliphatic rings. The first kappa shape index (κ1) is 25.9. The van der Waals surface area contributed by atoms with Crippen molar-refractivity contribution in [2.45, 2.75) is 78.1 Å². The molecule has 0 fully saturated rings. The predicted octanol–water partition coefficient (Wildman–Crippen LogP) is 3.67. The van der Waals surface area contributed by atoms with Crippen molar-refractivity contribution in [2.75, 3.05) is 13.7 Å². The molecule has 8 nitrogen and oxygen atoms in total. The molecule has 1 amide bonds. The average Bonchev–Trinajstić information content (AvgIpc) is 2.47. The Balaban J connectivity index is 5.17. The van der Waals surface area contributed by atoms with Crippen molar-refractivity contribution in [2.24, 2.45) is 5.92 Å². The lowest BCUT2D eigenvalue weighted by atomic mass is 9.96. The van der Waals surface area contributed by atoms with Crippen LogP contribution in [0, 0.1) is 5.92 Å². The predicted molar refractivity (Wildman–Crippen MR) is 96.1 cm³/mol. The lowest BCUT2D eigenvalue weighted by molar-refractivity contribution is -0.171. The molecule has 0 saturated heterocycles. The van der Waals surface area contributed by atoms with Gasteiger partial charge in [0.1, 0.15) is 11.2 Å². The monoisotopic (exact) mass is 411 g/mol. The third kappa shape index (κ3) is 10.9. The molecule has 0 aliphatic carbocycles. The Morgan fingerprint density at radius 2 is 1.46 bits per heavy atom. The van der Waals surface area contributed by atoms with Crippen LogP contribution in [0.15, 0.2) is 0 Å². The molecule has 0 radical (unpaired) electrons. The lowest BCUT2D eigenvalue weighted by Crippen LogP contribution is -2.48. The van der Waals surface area contributed by atoms with E-state index in [0.29, 0.717) is 0 Å². The third-order valence-electron chi connectivity index (χ3n) is 3.20. The standard InChI is InChI=1S/C18H31F2NO7/c1-11(10-26-15(24)28-17(5,6)7)12(9-18(19,20)13(22)25-8)21-14(23)27-16(2,3)4/h11-12H,9-10H2,1-8H3,(H,21,23)/t11?,12-/m0/s1. The molecule has 28 heavy (non-hydrogen) atoms. The molecule has 0 aliphatic heterocycles. The summed E-state index contributed by atoms with van der Waals surface area (Å²) in [5.74, 6) is -6.37. The minimum absolute atomic E-state index is 0.327. The fraction of sp³-hybridized carbons (Fsp3) is 0.833. The van der Waals surface area contributed by atoms with Gasteiger partial charge in [0.15, 0.2) is 0 Å². The average molecular weight is 411 g/mol. The van der Waals surface area contributed by atoms with Gasteiger partial charge in [-0.05, 0) is 41.5 Å². The fourth-order valence-corrected chi connectivity index (χ4v) is 1.96. The van der Waals surface area contributed by atoms with Crippen LogP contribution >= 0.6 is 0 Å². The maximum absolute atomic E-state index is 14.0. The summed E-state index contributed by atoms with van der Waals surface area (Å²) in [6.07, 6.45) is -2.98. The SMILES string of the molecule is COC(=O)C(F)(F)C[C@H](NC(=O)OC(C)(C)C)C(C)COC(=O)OC(C)(C)C. The van der Waals surface area contributed by atoms with Crippen LogP contribution < -0.4 is 5.32 Å². The van der Waals surface area contributed by atoms with Gasteiger partial charge in [-0.3, -0.25) is 0 Å². The van der Waals surface area contributed by atoms with Crippen LogP contribution in [-0.2, 0) is 23.7 Å². The normalized spacial score (nSPS) is 14.5. The van der Waals surface area contributed by atoms with E-state index < -0.39 is 53.7 Å². The summed E-state index contributed by atoms with van der Waals surface area (Å²) in [5, 5.41) is 2.30. The van der Waals surface area contributed by atoms with Gasteiger partial charge in [-0.2, -0.15) is 8.78 Å². The van der Waals surface area contributed by atoms with Crippen molar-refractivity contribution < 1.29 is 42.1 Å². The van der Waals surface area contributed by atoms with E-state index in [1.807, 2.05) is 0 Å². The molecule has 10 heteroatoms. The Hall–Kier alpha value is -2.13. The van der Waals surface area contributed by atoms with E-state index in [1.165, 1.54) is 6.92 Å². The Bertz CT molecular complexity index is 553. The van der Waals surface area contributed by atoms with E-state index in [4.69, 9.17) is 14.2 Å². The van der Waals surface area contributed by atoms with Gasteiger partial charge in [0.25, 0.3) is 0 Å². The van der Waals surface area contributed by atoms with Gasteiger partial charge in [-0.15, -0.1) is 0 Å². The number of ether oxygens (including phenoxy) is 4. The smallest absolute Gasteiger partial charge is 0.465 e. The molecule has 0 aromatic carbocycles. The van der Waals surface area contributed by atoms with Gasteiger partial charge in [0, 0.05) is 18.4 Å². The van der Waals surface area contributed by atoms with Crippen LogP contribution in [0.2, 0.25) is 0 Å². The van der Waals surface area contributed by atoms with Crippen molar-refractivity contribution in [1.29, 1.82) is 0 Å². The van der Waals surface area contributed by atoms with Crippen molar-refractivity contribution in [3.8, 4) is 0 Å². The maximum atomic E-state index is 14.0. The second kappa shape index (κ2) is 9.88. The Morgan fingerprint density at radius 1 is 0.964 bits per heavy atom. The first-order valence-electron chi connectivity index (χ1n) is 8.78. The number of hydrogen-bond acceptors (Lipinski definition) is 7. The van der Waals surface area contributed by atoms with E-state index in [1.54, 1.807) is 41.5 Å². The molecule has 0 spiro atoms. The van der Waals surface area contributed by atoms with Gasteiger partial charge < -0.3 is 24.3 Å². The second-order valence-corrected chi connectivity index (χ2v) is 8.41. The van der Waals surface area contributed by atoms with Crippen molar-refractivity contribution in [1.82, 2.24) is 5.32 Å². The summed E-state index contributed by atoms with van der Waals surface area (Å²) < 4.78 is 47.1. The summed E-state index contributed by atoms with van der Waals surface area (Å²) >= 11 is 0. The molecule has 1 unspecified atom stereocenters. The number of esters is 1. The number of rotatable bonds is 7. The van der Waals surface area contributed by atoms with Gasteiger partial charge >= 0.3 is 24.1 Å². The summed E-state index contributed by atoms with van der Waals surface area (Å²) in [6, 6.07) is -1.24. The van der Waals surface area contributed by atoms with Gasteiger partial charge in [-0.1, -0.05) is 6.92 Å². The molecular formula is C18H31F2NO7. The number of halogens is 2. The van der Waals surface area contributed by atoms with Gasteiger partial charge in [-0.25, -0.2) is 14.4 Å². The number of carbonyl (C=O) groups is 3.